The minimum Gasteiger partial charge on any atom is -0.379 e. The van der Waals surface area contributed by atoms with Gasteiger partial charge in [-0.25, -0.2) is 12.8 Å². The number of sulfonamides is 1. The highest BCUT2D eigenvalue weighted by Crippen LogP contribution is 2.26. The maximum atomic E-state index is 13.6. The van der Waals surface area contributed by atoms with Crippen molar-refractivity contribution in [2.75, 3.05) is 45.6 Å². The van der Waals surface area contributed by atoms with Crippen LogP contribution in [0.5, 0.6) is 0 Å². The molecule has 0 spiro atoms. The molecule has 2 fully saturated rings. The Kier molecular flexibility index (Phi) is 6.02. The minimum atomic E-state index is -3.74. The van der Waals surface area contributed by atoms with Crippen LogP contribution < -0.4 is 5.73 Å². The van der Waals surface area contributed by atoms with E-state index in [0.717, 1.165) is 12.7 Å². The predicted molar refractivity (Wildman–Crippen MR) is 96.5 cm³/mol. The average Bonchev–Trinajstić information content (AvgIpc) is 3.10. The van der Waals surface area contributed by atoms with Gasteiger partial charge in [-0.1, -0.05) is 6.07 Å². The SMILES string of the molecule is CS[C@@H]1COC[C@H]1N1CCN(S(=O)(=O)c2cc(F)ccc2CN)CC1. The summed E-state index contributed by atoms with van der Waals surface area (Å²) < 4.78 is 46.4. The van der Waals surface area contributed by atoms with Crippen LogP contribution in [0.4, 0.5) is 4.39 Å². The second-order valence-corrected chi connectivity index (χ2v) is 9.26. The van der Waals surface area contributed by atoms with Crippen molar-refractivity contribution in [2.45, 2.75) is 22.7 Å². The molecule has 1 aromatic carbocycles. The maximum Gasteiger partial charge on any atom is 0.243 e. The van der Waals surface area contributed by atoms with Crippen molar-refractivity contribution in [1.82, 2.24) is 9.21 Å². The summed E-state index contributed by atoms with van der Waals surface area (Å²) in [6.45, 7) is 3.58. The molecule has 3 rings (SSSR count). The highest BCUT2D eigenvalue weighted by atomic mass is 32.2. The molecule has 2 saturated heterocycles. The third-order valence-electron chi connectivity index (χ3n) is 4.91. The van der Waals surface area contributed by atoms with E-state index in [-0.39, 0.29) is 11.4 Å². The number of benzene rings is 1. The largest absolute Gasteiger partial charge is 0.379 e. The second kappa shape index (κ2) is 7.89. The summed E-state index contributed by atoms with van der Waals surface area (Å²) >= 11 is 1.79. The van der Waals surface area contributed by atoms with Gasteiger partial charge in [-0.2, -0.15) is 16.1 Å². The number of nitrogens with two attached hydrogens (primary N) is 1. The Morgan fingerprint density at radius 2 is 2.00 bits per heavy atom. The molecule has 9 heteroatoms. The Morgan fingerprint density at radius 1 is 1.28 bits per heavy atom. The number of nitrogens with zero attached hydrogens (tertiary/aromatic N) is 2. The fourth-order valence-corrected chi connectivity index (χ4v) is 5.90. The molecule has 2 atom stereocenters. The normalized spacial score (nSPS) is 26.2. The lowest BCUT2D eigenvalue weighted by Crippen LogP contribution is -2.54. The molecule has 6 nitrogen and oxygen atoms in total. The van der Waals surface area contributed by atoms with Crippen LogP contribution in [0.25, 0.3) is 0 Å². The minimum absolute atomic E-state index is 0.0189. The van der Waals surface area contributed by atoms with Gasteiger partial charge >= 0.3 is 0 Å². The molecule has 0 unspecified atom stereocenters. The molecule has 0 saturated carbocycles. The zero-order valence-corrected chi connectivity index (χ0v) is 15.9. The Morgan fingerprint density at radius 3 is 2.64 bits per heavy atom. The molecular formula is C16H24FN3O3S2. The van der Waals surface area contributed by atoms with E-state index in [1.54, 1.807) is 11.8 Å². The molecule has 2 N–H and O–H groups in total. The lowest BCUT2D eigenvalue weighted by atomic mass is 10.2. The highest BCUT2D eigenvalue weighted by molar-refractivity contribution is 7.99. The van der Waals surface area contributed by atoms with Gasteiger partial charge in [0, 0.05) is 44.0 Å². The first-order valence-electron chi connectivity index (χ1n) is 8.30. The number of hydrogen-bond donors (Lipinski definition) is 1. The maximum absolute atomic E-state index is 13.6. The lowest BCUT2D eigenvalue weighted by Gasteiger charge is -2.38. The van der Waals surface area contributed by atoms with E-state index in [2.05, 4.69) is 11.2 Å². The van der Waals surface area contributed by atoms with Crippen LogP contribution >= 0.6 is 11.8 Å². The van der Waals surface area contributed by atoms with E-state index in [1.807, 2.05) is 0 Å². The van der Waals surface area contributed by atoms with Crippen LogP contribution in [0.3, 0.4) is 0 Å². The molecule has 140 valence electrons. The van der Waals surface area contributed by atoms with Crippen LogP contribution in [-0.4, -0.2) is 74.6 Å². The summed E-state index contributed by atoms with van der Waals surface area (Å²) in [5, 5.41) is 0.426. The molecule has 0 amide bonds. The van der Waals surface area contributed by atoms with E-state index in [1.165, 1.54) is 16.4 Å². The van der Waals surface area contributed by atoms with E-state index in [4.69, 9.17) is 10.5 Å². The van der Waals surface area contributed by atoms with Crippen molar-refractivity contribution in [3.8, 4) is 0 Å². The number of rotatable bonds is 5. The van der Waals surface area contributed by atoms with Gasteiger partial charge in [0.1, 0.15) is 5.82 Å². The Labute approximate surface area is 152 Å². The fourth-order valence-electron chi connectivity index (χ4n) is 3.44. The highest BCUT2D eigenvalue weighted by Gasteiger charge is 2.37. The summed E-state index contributed by atoms with van der Waals surface area (Å²) in [5.74, 6) is -0.569. The molecule has 2 aliphatic heterocycles. The van der Waals surface area contributed by atoms with Crippen LogP contribution in [-0.2, 0) is 21.3 Å². The van der Waals surface area contributed by atoms with E-state index in [0.29, 0.717) is 49.6 Å². The molecule has 0 aliphatic carbocycles. The summed E-state index contributed by atoms with van der Waals surface area (Å²) in [6, 6.07) is 4.08. The Hall–Kier alpha value is -0.710. The van der Waals surface area contributed by atoms with E-state index >= 15 is 0 Å². The first-order chi connectivity index (χ1) is 12.0. The fraction of sp³-hybridized carbons (Fsp3) is 0.625. The molecular weight excluding hydrogens is 365 g/mol. The second-order valence-electron chi connectivity index (χ2n) is 6.28. The Balaban J connectivity index is 1.73. The average molecular weight is 390 g/mol. The zero-order valence-electron chi connectivity index (χ0n) is 14.2. The third kappa shape index (κ3) is 3.86. The van der Waals surface area contributed by atoms with Gasteiger partial charge in [0.2, 0.25) is 10.0 Å². The van der Waals surface area contributed by atoms with Gasteiger partial charge in [-0.15, -0.1) is 0 Å². The topological polar surface area (TPSA) is 75.9 Å². The predicted octanol–water partition coefficient (Wildman–Crippen LogP) is 0.721. The van der Waals surface area contributed by atoms with Crippen LogP contribution in [0.2, 0.25) is 0 Å². The van der Waals surface area contributed by atoms with Crippen LogP contribution in [0, 0.1) is 5.82 Å². The van der Waals surface area contributed by atoms with E-state index in [9.17, 15) is 12.8 Å². The standard InChI is InChI=1S/C16H24FN3O3S2/c1-24-15-11-23-10-14(15)19-4-6-20(7-5-19)25(21,22)16-8-13(17)3-2-12(16)9-18/h2-3,8,14-15H,4-7,9-11,18H2,1H3/t14-,15-/m1/s1. The molecule has 0 radical (unpaired) electrons. The lowest BCUT2D eigenvalue weighted by molar-refractivity contribution is 0.114. The van der Waals surface area contributed by atoms with Crippen molar-refractivity contribution in [3.05, 3.63) is 29.6 Å². The van der Waals surface area contributed by atoms with Gasteiger partial charge in [0.25, 0.3) is 0 Å². The molecule has 0 aromatic heterocycles. The van der Waals surface area contributed by atoms with Crippen LogP contribution in [0.1, 0.15) is 5.56 Å². The van der Waals surface area contributed by atoms with Crippen LogP contribution in [0.15, 0.2) is 23.1 Å². The van der Waals surface area contributed by atoms with Gasteiger partial charge in [-0.3, -0.25) is 4.90 Å². The molecule has 2 aliphatic rings. The summed E-state index contributed by atoms with van der Waals surface area (Å²) in [4.78, 5) is 2.28. The molecule has 2 heterocycles. The van der Waals surface area contributed by atoms with Gasteiger partial charge in [0.15, 0.2) is 0 Å². The summed E-state index contributed by atoms with van der Waals surface area (Å²) in [7, 11) is -3.74. The number of piperazine rings is 1. The monoisotopic (exact) mass is 389 g/mol. The van der Waals surface area contributed by atoms with E-state index < -0.39 is 15.8 Å². The number of halogens is 1. The van der Waals surface area contributed by atoms with Gasteiger partial charge in [0.05, 0.1) is 18.1 Å². The van der Waals surface area contributed by atoms with Crippen molar-refractivity contribution in [1.29, 1.82) is 0 Å². The summed E-state index contributed by atoms with van der Waals surface area (Å²) in [5.41, 5.74) is 6.07. The van der Waals surface area contributed by atoms with Crippen molar-refractivity contribution < 1.29 is 17.5 Å². The summed E-state index contributed by atoms with van der Waals surface area (Å²) in [6.07, 6.45) is 2.07. The number of thioether (sulfide) groups is 1. The molecule has 0 bridgehead atoms. The molecule has 25 heavy (non-hydrogen) atoms. The van der Waals surface area contributed by atoms with Crippen molar-refractivity contribution in [2.24, 2.45) is 5.73 Å². The van der Waals surface area contributed by atoms with Gasteiger partial charge in [-0.05, 0) is 24.0 Å². The van der Waals surface area contributed by atoms with Crippen molar-refractivity contribution in [3.63, 3.8) is 0 Å². The zero-order chi connectivity index (χ0) is 18.0. The van der Waals surface area contributed by atoms with Crippen molar-refractivity contribution >= 4 is 21.8 Å². The smallest absolute Gasteiger partial charge is 0.243 e. The molecule has 1 aromatic rings. The first kappa shape index (κ1) is 19.1. The number of ether oxygens (including phenoxy) is 1. The Bertz CT molecular complexity index is 709. The quantitative estimate of drug-likeness (QED) is 0.800. The van der Waals surface area contributed by atoms with Gasteiger partial charge < -0.3 is 10.5 Å². The first-order valence-corrected chi connectivity index (χ1v) is 11.0. The third-order valence-corrected chi connectivity index (χ3v) is 7.95. The number of hydrogen-bond acceptors (Lipinski definition) is 6.